The summed E-state index contributed by atoms with van der Waals surface area (Å²) in [7, 11) is 0. The lowest BCUT2D eigenvalue weighted by molar-refractivity contribution is -0.128. The molecule has 0 fully saturated rings. The van der Waals surface area contributed by atoms with E-state index in [1.807, 2.05) is 4.68 Å². The van der Waals surface area contributed by atoms with Crippen LogP contribution in [0.25, 0.3) is 0 Å². The van der Waals surface area contributed by atoms with Gasteiger partial charge >= 0.3 is 0 Å². The van der Waals surface area contributed by atoms with Gasteiger partial charge in [-0.2, -0.15) is 0 Å². The molecule has 1 aromatic rings. The predicted octanol–water partition coefficient (Wildman–Crippen LogP) is 2.00. The Labute approximate surface area is 138 Å². The Kier molecular flexibility index (Phi) is 5.34. The van der Waals surface area contributed by atoms with E-state index in [0.29, 0.717) is 18.3 Å². The number of ketones is 2. The molecule has 0 N–H and O–H groups in total. The summed E-state index contributed by atoms with van der Waals surface area (Å²) >= 11 is 0. The van der Waals surface area contributed by atoms with Crippen LogP contribution in [-0.2, 0) is 16.0 Å². The van der Waals surface area contributed by atoms with Crippen LogP contribution in [0.5, 0.6) is 0 Å². The van der Waals surface area contributed by atoms with Gasteiger partial charge in [-0.25, -0.2) is 4.68 Å². The number of rotatable bonds is 4. The number of fused-ring (bicyclic) bond motifs is 1. The molecule has 0 aromatic carbocycles. The van der Waals surface area contributed by atoms with E-state index in [4.69, 9.17) is 0 Å². The summed E-state index contributed by atoms with van der Waals surface area (Å²) in [4.78, 5) is 26.9. The van der Waals surface area contributed by atoms with E-state index < -0.39 is 5.92 Å². The minimum absolute atomic E-state index is 0.00661. The van der Waals surface area contributed by atoms with E-state index in [0.717, 1.165) is 18.7 Å². The molecule has 2 heterocycles. The second kappa shape index (κ2) is 6.91. The molecule has 23 heavy (non-hydrogen) atoms. The highest BCUT2D eigenvalue weighted by Crippen LogP contribution is 2.32. The van der Waals surface area contributed by atoms with Crippen LogP contribution < -0.4 is 0 Å². The van der Waals surface area contributed by atoms with E-state index in [-0.39, 0.29) is 23.5 Å². The average molecular weight is 320 g/mol. The van der Waals surface area contributed by atoms with Gasteiger partial charge in [-0.05, 0) is 41.5 Å². The third-order valence-electron chi connectivity index (χ3n) is 4.76. The Bertz CT molecular complexity index is 591. The summed E-state index contributed by atoms with van der Waals surface area (Å²) in [6.45, 7) is 12.9. The minimum atomic E-state index is -0.489. The first-order valence-corrected chi connectivity index (χ1v) is 8.42. The molecule has 2 rings (SSSR count). The monoisotopic (exact) mass is 320 g/mol. The van der Waals surface area contributed by atoms with Crippen molar-refractivity contribution in [1.29, 1.82) is 0 Å². The van der Waals surface area contributed by atoms with Crippen molar-refractivity contribution in [3.05, 3.63) is 11.4 Å². The van der Waals surface area contributed by atoms with E-state index >= 15 is 0 Å². The summed E-state index contributed by atoms with van der Waals surface area (Å²) in [5, 5.41) is 8.57. The molecule has 2 atom stereocenters. The summed E-state index contributed by atoms with van der Waals surface area (Å²) in [6.07, 6.45) is 0.799. The van der Waals surface area contributed by atoms with Crippen molar-refractivity contribution in [2.24, 2.45) is 5.92 Å². The number of Topliss-reactive ketones (excluding diaryl/α,β-unsaturated/α-hetero) is 2. The van der Waals surface area contributed by atoms with Gasteiger partial charge < -0.3 is 0 Å². The van der Waals surface area contributed by atoms with Gasteiger partial charge in [0.15, 0.2) is 0 Å². The molecule has 6 nitrogen and oxygen atoms in total. The quantitative estimate of drug-likeness (QED) is 0.849. The lowest BCUT2D eigenvalue weighted by Crippen LogP contribution is -2.44. The molecule has 0 saturated carbocycles. The van der Waals surface area contributed by atoms with Crippen molar-refractivity contribution in [3.63, 3.8) is 0 Å². The van der Waals surface area contributed by atoms with E-state index in [1.54, 1.807) is 13.8 Å². The van der Waals surface area contributed by atoms with Crippen LogP contribution in [0.3, 0.4) is 0 Å². The fraction of sp³-hybridized carbons (Fsp3) is 0.765. The number of hydrogen-bond donors (Lipinski definition) is 0. The number of carbonyl (C=O) groups excluding carboxylic acids is 2. The highest BCUT2D eigenvalue weighted by atomic mass is 16.1. The first kappa shape index (κ1) is 17.8. The molecule has 128 valence electrons. The van der Waals surface area contributed by atoms with Crippen LogP contribution in [0, 0.1) is 5.92 Å². The zero-order valence-corrected chi connectivity index (χ0v) is 15.0. The lowest BCUT2D eigenvalue weighted by Gasteiger charge is -2.34. The molecule has 0 aliphatic carbocycles. The second-order valence-corrected chi connectivity index (χ2v) is 7.10. The Morgan fingerprint density at radius 2 is 1.74 bits per heavy atom. The molecule has 0 bridgehead atoms. The van der Waals surface area contributed by atoms with Gasteiger partial charge in [-0.3, -0.25) is 14.5 Å². The third kappa shape index (κ3) is 3.52. The van der Waals surface area contributed by atoms with Gasteiger partial charge in [0.1, 0.15) is 11.6 Å². The standard InChI is InChI=1S/C17H28N4O2/c1-10(2)20-8-7-15-17(18-19-21(15)11(3)4)16(13(6)23)14(9-20)12(5)22/h10-11,14,16H,7-9H2,1-6H3. The number of hydrogen-bond acceptors (Lipinski definition) is 5. The Hall–Kier alpha value is -1.56. The van der Waals surface area contributed by atoms with Crippen LogP contribution in [-0.4, -0.2) is 50.6 Å². The average Bonchev–Trinajstić information content (AvgIpc) is 2.80. The lowest BCUT2D eigenvalue weighted by atomic mass is 9.81. The largest absolute Gasteiger partial charge is 0.300 e. The van der Waals surface area contributed by atoms with E-state index in [2.05, 4.69) is 42.9 Å². The van der Waals surface area contributed by atoms with Gasteiger partial charge in [0.05, 0.1) is 17.3 Å². The van der Waals surface area contributed by atoms with Crippen LogP contribution in [0.4, 0.5) is 0 Å². The molecule has 2 unspecified atom stereocenters. The summed E-state index contributed by atoms with van der Waals surface area (Å²) < 4.78 is 1.90. The Morgan fingerprint density at radius 3 is 2.22 bits per heavy atom. The Balaban J connectivity index is 2.57. The molecule has 1 aliphatic rings. The number of nitrogens with zero attached hydrogens (tertiary/aromatic N) is 4. The molecule has 1 aromatic heterocycles. The third-order valence-corrected chi connectivity index (χ3v) is 4.76. The van der Waals surface area contributed by atoms with Gasteiger partial charge in [0.25, 0.3) is 0 Å². The minimum Gasteiger partial charge on any atom is -0.300 e. The number of carbonyl (C=O) groups is 2. The molecule has 0 spiro atoms. The smallest absolute Gasteiger partial charge is 0.139 e. The zero-order valence-electron chi connectivity index (χ0n) is 15.0. The highest BCUT2D eigenvalue weighted by Gasteiger charge is 2.38. The first-order chi connectivity index (χ1) is 10.7. The molecular formula is C17H28N4O2. The molecule has 1 aliphatic heterocycles. The van der Waals surface area contributed by atoms with Crippen molar-refractivity contribution >= 4 is 11.6 Å². The molecular weight excluding hydrogens is 292 g/mol. The summed E-state index contributed by atoms with van der Waals surface area (Å²) in [5.74, 6) is -0.807. The second-order valence-electron chi connectivity index (χ2n) is 7.10. The van der Waals surface area contributed by atoms with Crippen LogP contribution in [0.2, 0.25) is 0 Å². The van der Waals surface area contributed by atoms with Crippen molar-refractivity contribution in [2.75, 3.05) is 13.1 Å². The van der Waals surface area contributed by atoms with Crippen molar-refractivity contribution in [2.45, 2.75) is 66.0 Å². The highest BCUT2D eigenvalue weighted by molar-refractivity contribution is 5.91. The zero-order chi connectivity index (χ0) is 17.3. The van der Waals surface area contributed by atoms with Crippen LogP contribution in [0.15, 0.2) is 0 Å². The maximum atomic E-state index is 12.3. The van der Waals surface area contributed by atoms with Crippen molar-refractivity contribution in [3.8, 4) is 0 Å². The normalized spacial score (nSPS) is 22.8. The molecule has 6 heteroatoms. The fourth-order valence-corrected chi connectivity index (χ4v) is 3.42. The van der Waals surface area contributed by atoms with E-state index in [1.165, 1.54) is 0 Å². The SMILES string of the molecule is CC(=O)C1CN(C(C)C)CCc2c(nnn2C(C)C)C1C(C)=O. The topological polar surface area (TPSA) is 68.1 Å². The van der Waals surface area contributed by atoms with E-state index in [9.17, 15) is 9.59 Å². The van der Waals surface area contributed by atoms with Gasteiger partial charge in [0, 0.05) is 37.5 Å². The number of aromatic nitrogens is 3. The predicted molar refractivity (Wildman–Crippen MR) is 88.4 cm³/mol. The Morgan fingerprint density at radius 1 is 1.09 bits per heavy atom. The first-order valence-electron chi connectivity index (χ1n) is 8.42. The maximum absolute atomic E-state index is 12.3. The van der Waals surface area contributed by atoms with Gasteiger partial charge in [-0.1, -0.05) is 5.21 Å². The van der Waals surface area contributed by atoms with Crippen molar-refractivity contribution < 1.29 is 9.59 Å². The van der Waals surface area contributed by atoms with Crippen molar-refractivity contribution in [1.82, 2.24) is 19.9 Å². The molecule has 0 saturated heterocycles. The maximum Gasteiger partial charge on any atom is 0.139 e. The van der Waals surface area contributed by atoms with Gasteiger partial charge in [-0.15, -0.1) is 5.10 Å². The van der Waals surface area contributed by atoms with Crippen LogP contribution >= 0.6 is 0 Å². The van der Waals surface area contributed by atoms with Crippen LogP contribution in [0.1, 0.15) is 64.9 Å². The molecule has 0 amide bonds. The van der Waals surface area contributed by atoms with Gasteiger partial charge in [0.2, 0.25) is 0 Å². The summed E-state index contributed by atoms with van der Waals surface area (Å²) in [5.41, 5.74) is 1.70. The summed E-state index contributed by atoms with van der Waals surface area (Å²) in [6, 6.07) is 0.510. The molecule has 0 radical (unpaired) electrons. The fourth-order valence-electron chi connectivity index (χ4n) is 3.42.